The maximum absolute atomic E-state index is 13.4. The zero-order valence-electron chi connectivity index (χ0n) is 22.0. The molecule has 0 spiro atoms. The number of ether oxygens (including phenoxy) is 2. The predicted octanol–water partition coefficient (Wildman–Crippen LogP) is 7.76. The highest BCUT2D eigenvalue weighted by Gasteiger charge is 2.49. The number of alkyl halides is 3. The molecule has 1 aromatic carbocycles. The van der Waals surface area contributed by atoms with E-state index < -0.39 is 27.5 Å². The Balaban J connectivity index is 3.02. The van der Waals surface area contributed by atoms with E-state index in [0.717, 1.165) is 24.0 Å². The lowest BCUT2D eigenvalue weighted by Crippen LogP contribution is -2.29. The SMILES string of the molecule is CC1=CCCC(C)(C)/C1=C/c1cc(C(C)C)c(OC(C)C)c(OC(C)C)c1OS(=O)(=O)C(F)(F)F. The molecule has 0 unspecified atom stereocenters. The van der Waals surface area contributed by atoms with Crippen LogP contribution in [0.3, 0.4) is 0 Å². The number of allylic oxidation sites excluding steroid dienone is 3. The lowest BCUT2D eigenvalue weighted by atomic mass is 9.72. The molecule has 2 rings (SSSR count). The monoisotopic (exact) mass is 518 g/mol. The van der Waals surface area contributed by atoms with Gasteiger partial charge < -0.3 is 13.7 Å². The van der Waals surface area contributed by atoms with Crippen molar-refractivity contribution < 1.29 is 35.2 Å². The first-order valence-corrected chi connectivity index (χ1v) is 13.2. The van der Waals surface area contributed by atoms with Gasteiger partial charge in [0.1, 0.15) is 0 Å². The van der Waals surface area contributed by atoms with Gasteiger partial charge in [-0.25, -0.2) is 0 Å². The second-order valence-corrected chi connectivity index (χ2v) is 11.9. The van der Waals surface area contributed by atoms with E-state index in [1.807, 2.05) is 34.6 Å². The topological polar surface area (TPSA) is 61.8 Å². The first-order chi connectivity index (χ1) is 15.9. The van der Waals surface area contributed by atoms with Gasteiger partial charge in [0.2, 0.25) is 5.75 Å². The van der Waals surface area contributed by atoms with E-state index in [1.165, 1.54) is 0 Å². The van der Waals surface area contributed by atoms with Crippen LogP contribution in [0.5, 0.6) is 17.2 Å². The van der Waals surface area contributed by atoms with Crippen LogP contribution in [0.15, 0.2) is 23.3 Å². The largest absolute Gasteiger partial charge is 0.534 e. The molecule has 1 aliphatic rings. The van der Waals surface area contributed by atoms with Crippen LogP contribution in [0, 0.1) is 5.41 Å². The van der Waals surface area contributed by atoms with Crippen molar-refractivity contribution in [3.63, 3.8) is 0 Å². The molecule has 1 aromatic rings. The number of halogens is 3. The van der Waals surface area contributed by atoms with E-state index in [9.17, 15) is 21.6 Å². The van der Waals surface area contributed by atoms with Gasteiger partial charge in [-0.3, -0.25) is 0 Å². The minimum Gasteiger partial charge on any atom is -0.487 e. The standard InChI is InChI=1S/C26H37F3O5S/c1-15(2)20-13-19(14-21-18(7)11-10-12-25(21,8)9)22(34-35(30,31)26(27,28)29)24(33-17(5)6)23(20)32-16(3)4/h11,13-17H,10,12H2,1-9H3/b21-14+. The third kappa shape index (κ3) is 6.74. The fraction of sp³-hybridized carbons (Fsp3) is 0.615. The molecule has 0 aromatic heterocycles. The van der Waals surface area contributed by atoms with Crippen LogP contribution in [0.25, 0.3) is 6.08 Å². The molecule has 0 saturated carbocycles. The molecule has 0 N–H and O–H groups in total. The normalized spacial score (nSPS) is 17.8. The smallest absolute Gasteiger partial charge is 0.487 e. The minimum atomic E-state index is -5.97. The molecule has 0 heterocycles. The zero-order chi connectivity index (χ0) is 26.9. The van der Waals surface area contributed by atoms with Gasteiger partial charge in [0.25, 0.3) is 0 Å². The van der Waals surface area contributed by atoms with Crippen molar-refractivity contribution in [2.45, 2.75) is 98.8 Å². The average Bonchev–Trinajstić information content (AvgIpc) is 2.66. The van der Waals surface area contributed by atoms with Crippen LogP contribution in [0.2, 0.25) is 0 Å². The lowest BCUT2D eigenvalue weighted by Gasteiger charge is -2.33. The summed E-state index contributed by atoms with van der Waals surface area (Å²) < 4.78 is 81.2. The Kier molecular flexibility index (Phi) is 8.68. The van der Waals surface area contributed by atoms with E-state index in [4.69, 9.17) is 13.7 Å². The van der Waals surface area contributed by atoms with E-state index in [-0.39, 0.29) is 34.5 Å². The molecule has 9 heteroatoms. The highest BCUT2D eigenvalue weighted by Crippen LogP contribution is 2.50. The average molecular weight is 519 g/mol. The molecule has 0 amide bonds. The van der Waals surface area contributed by atoms with Gasteiger partial charge in [-0.1, -0.05) is 39.3 Å². The third-order valence-electron chi connectivity index (χ3n) is 5.73. The summed E-state index contributed by atoms with van der Waals surface area (Å²) in [5.74, 6) is -0.611. The summed E-state index contributed by atoms with van der Waals surface area (Å²) in [4.78, 5) is 0. The number of hydrogen-bond acceptors (Lipinski definition) is 5. The quantitative estimate of drug-likeness (QED) is 0.260. The summed E-state index contributed by atoms with van der Waals surface area (Å²) in [5.41, 5.74) is -3.16. The molecular weight excluding hydrogens is 481 g/mol. The van der Waals surface area contributed by atoms with Crippen molar-refractivity contribution in [1.29, 1.82) is 0 Å². The summed E-state index contributed by atoms with van der Waals surface area (Å²) in [5, 5.41) is 0. The predicted molar refractivity (Wildman–Crippen MR) is 132 cm³/mol. The Labute approximate surface area is 207 Å². The first-order valence-electron chi connectivity index (χ1n) is 11.8. The van der Waals surface area contributed by atoms with Crippen molar-refractivity contribution >= 4 is 16.2 Å². The van der Waals surface area contributed by atoms with Gasteiger partial charge in [-0.05, 0) is 76.5 Å². The van der Waals surface area contributed by atoms with Crippen LogP contribution in [0.1, 0.15) is 92.2 Å². The van der Waals surface area contributed by atoms with Crippen molar-refractivity contribution in [1.82, 2.24) is 0 Å². The van der Waals surface area contributed by atoms with E-state index >= 15 is 0 Å². The van der Waals surface area contributed by atoms with Crippen molar-refractivity contribution in [2.24, 2.45) is 5.41 Å². The van der Waals surface area contributed by atoms with E-state index in [0.29, 0.717) is 5.56 Å². The highest BCUT2D eigenvalue weighted by atomic mass is 32.2. The summed E-state index contributed by atoms with van der Waals surface area (Å²) in [6.45, 7) is 16.8. The Hall–Kier alpha value is -2.16. The fourth-order valence-electron chi connectivity index (χ4n) is 4.04. The first kappa shape index (κ1) is 29.1. The summed E-state index contributed by atoms with van der Waals surface area (Å²) >= 11 is 0. The molecule has 5 nitrogen and oxygen atoms in total. The lowest BCUT2D eigenvalue weighted by molar-refractivity contribution is -0.0501. The van der Waals surface area contributed by atoms with Gasteiger partial charge in [0, 0.05) is 11.1 Å². The summed E-state index contributed by atoms with van der Waals surface area (Å²) in [6, 6.07) is 1.64. The molecule has 1 aliphatic carbocycles. The van der Waals surface area contributed by atoms with Crippen molar-refractivity contribution in [3.05, 3.63) is 34.4 Å². The van der Waals surface area contributed by atoms with Crippen molar-refractivity contribution in [2.75, 3.05) is 0 Å². The maximum atomic E-state index is 13.4. The molecule has 35 heavy (non-hydrogen) atoms. The van der Waals surface area contributed by atoms with E-state index in [1.54, 1.807) is 39.8 Å². The molecule has 0 radical (unpaired) electrons. The summed E-state index contributed by atoms with van der Waals surface area (Å²) in [7, 11) is -5.97. The Morgan fingerprint density at radius 1 is 0.971 bits per heavy atom. The van der Waals surface area contributed by atoms with Gasteiger partial charge in [-0.2, -0.15) is 21.6 Å². The van der Waals surface area contributed by atoms with Crippen LogP contribution < -0.4 is 13.7 Å². The molecule has 0 saturated heterocycles. The van der Waals surface area contributed by atoms with Gasteiger partial charge in [0.15, 0.2) is 11.5 Å². The van der Waals surface area contributed by atoms with Crippen LogP contribution in [0.4, 0.5) is 13.2 Å². The number of hydrogen-bond donors (Lipinski definition) is 0. The van der Waals surface area contributed by atoms with E-state index in [2.05, 4.69) is 6.08 Å². The second kappa shape index (κ2) is 10.4. The van der Waals surface area contributed by atoms with Crippen LogP contribution >= 0.6 is 0 Å². The fourth-order valence-corrected chi connectivity index (χ4v) is 4.52. The van der Waals surface area contributed by atoms with Gasteiger partial charge in [-0.15, -0.1) is 0 Å². The number of rotatable bonds is 8. The second-order valence-electron chi connectivity index (χ2n) is 10.4. The third-order valence-corrected chi connectivity index (χ3v) is 6.68. The van der Waals surface area contributed by atoms with Gasteiger partial charge >= 0.3 is 15.6 Å². The van der Waals surface area contributed by atoms with Crippen LogP contribution in [-0.4, -0.2) is 26.1 Å². The highest BCUT2D eigenvalue weighted by molar-refractivity contribution is 7.88. The Morgan fingerprint density at radius 2 is 1.51 bits per heavy atom. The number of benzene rings is 1. The Morgan fingerprint density at radius 3 is 1.97 bits per heavy atom. The minimum absolute atomic E-state index is 0.0975. The molecule has 0 atom stereocenters. The van der Waals surface area contributed by atoms with Crippen molar-refractivity contribution in [3.8, 4) is 17.2 Å². The molecular formula is C26H37F3O5S. The zero-order valence-corrected chi connectivity index (χ0v) is 22.8. The molecule has 0 aliphatic heterocycles. The molecule has 0 bridgehead atoms. The van der Waals surface area contributed by atoms with Crippen LogP contribution in [-0.2, 0) is 10.1 Å². The maximum Gasteiger partial charge on any atom is 0.534 e. The van der Waals surface area contributed by atoms with Gasteiger partial charge in [0.05, 0.1) is 12.2 Å². The molecule has 198 valence electrons. The Bertz CT molecular complexity index is 1090. The molecule has 0 fully saturated rings. The summed E-state index contributed by atoms with van der Waals surface area (Å²) in [6.07, 6.45) is 4.66.